The van der Waals surface area contributed by atoms with Crippen LogP contribution in [0, 0.1) is 18.2 Å². The normalized spacial score (nSPS) is 10.9. The van der Waals surface area contributed by atoms with Gasteiger partial charge in [0.15, 0.2) is 0 Å². The first-order valence-electron chi connectivity index (χ1n) is 3.95. The van der Waals surface area contributed by atoms with E-state index < -0.39 is 15.8 Å². The number of terminal acetylenes is 1. The Kier molecular flexibility index (Phi) is 3.29. The van der Waals surface area contributed by atoms with Crippen LogP contribution in [0.15, 0.2) is 23.1 Å². The van der Waals surface area contributed by atoms with E-state index in [1.165, 1.54) is 0 Å². The van der Waals surface area contributed by atoms with Crippen molar-refractivity contribution in [1.29, 1.82) is 0 Å². The van der Waals surface area contributed by atoms with E-state index in [0.717, 1.165) is 18.2 Å². The SMILES string of the molecule is C#CCNS(=O)(=O)c1ccc(F)cc1N. The maximum absolute atomic E-state index is 12.7. The van der Waals surface area contributed by atoms with Gasteiger partial charge in [0.05, 0.1) is 12.2 Å². The molecule has 0 bridgehead atoms. The lowest BCUT2D eigenvalue weighted by Crippen LogP contribution is -2.24. The van der Waals surface area contributed by atoms with Crippen LogP contribution in [0.3, 0.4) is 0 Å². The first-order valence-corrected chi connectivity index (χ1v) is 5.44. The van der Waals surface area contributed by atoms with Crippen molar-refractivity contribution in [3.05, 3.63) is 24.0 Å². The Morgan fingerprint density at radius 2 is 2.20 bits per heavy atom. The van der Waals surface area contributed by atoms with Crippen LogP contribution < -0.4 is 10.5 Å². The number of benzene rings is 1. The monoisotopic (exact) mass is 228 g/mol. The number of nitrogens with one attached hydrogen (secondary N) is 1. The molecular weight excluding hydrogens is 219 g/mol. The Balaban J connectivity index is 3.12. The summed E-state index contributed by atoms with van der Waals surface area (Å²) in [6.07, 6.45) is 4.91. The maximum atomic E-state index is 12.7. The Hall–Kier alpha value is -1.58. The van der Waals surface area contributed by atoms with Crippen LogP contribution in [0.4, 0.5) is 10.1 Å². The highest BCUT2D eigenvalue weighted by atomic mass is 32.2. The second kappa shape index (κ2) is 4.29. The molecule has 1 aromatic carbocycles. The summed E-state index contributed by atoms with van der Waals surface area (Å²) in [4.78, 5) is -0.181. The van der Waals surface area contributed by atoms with Crippen LogP contribution in [-0.2, 0) is 10.0 Å². The molecule has 0 aliphatic rings. The van der Waals surface area contributed by atoms with Crippen molar-refractivity contribution in [3.63, 3.8) is 0 Å². The van der Waals surface area contributed by atoms with Gasteiger partial charge in [0.1, 0.15) is 10.7 Å². The molecule has 0 saturated carbocycles. The Morgan fingerprint density at radius 3 is 2.73 bits per heavy atom. The van der Waals surface area contributed by atoms with Gasteiger partial charge in [-0.2, -0.15) is 4.72 Å². The van der Waals surface area contributed by atoms with E-state index in [2.05, 4.69) is 10.6 Å². The number of nitrogens with two attached hydrogens (primary N) is 1. The predicted molar refractivity (Wildman–Crippen MR) is 54.8 cm³/mol. The van der Waals surface area contributed by atoms with Gasteiger partial charge >= 0.3 is 0 Å². The zero-order valence-corrected chi connectivity index (χ0v) is 8.51. The molecule has 80 valence electrons. The van der Waals surface area contributed by atoms with Crippen molar-refractivity contribution in [1.82, 2.24) is 4.72 Å². The van der Waals surface area contributed by atoms with Gasteiger partial charge in [0, 0.05) is 0 Å². The van der Waals surface area contributed by atoms with Crippen molar-refractivity contribution < 1.29 is 12.8 Å². The van der Waals surface area contributed by atoms with E-state index in [0.29, 0.717) is 0 Å². The highest BCUT2D eigenvalue weighted by Crippen LogP contribution is 2.18. The zero-order chi connectivity index (χ0) is 11.5. The summed E-state index contributed by atoms with van der Waals surface area (Å²) < 4.78 is 37.8. The topological polar surface area (TPSA) is 72.2 Å². The van der Waals surface area contributed by atoms with Gasteiger partial charge in [-0.25, -0.2) is 12.8 Å². The number of anilines is 1. The minimum atomic E-state index is -3.75. The molecule has 6 heteroatoms. The molecule has 0 heterocycles. The van der Waals surface area contributed by atoms with Crippen LogP contribution in [0.25, 0.3) is 0 Å². The number of halogens is 1. The molecule has 15 heavy (non-hydrogen) atoms. The molecule has 0 aliphatic heterocycles. The number of nitrogen functional groups attached to an aromatic ring is 1. The van der Waals surface area contributed by atoms with Gasteiger partial charge < -0.3 is 5.73 Å². The largest absolute Gasteiger partial charge is 0.398 e. The smallest absolute Gasteiger partial charge is 0.243 e. The lowest BCUT2D eigenvalue weighted by molar-refractivity contribution is 0.585. The molecule has 0 saturated heterocycles. The molecule has 3 N–H and O–H groups in total. The van der Waals surface area contributed by atoms with E-state index in [1.807, 2.05) is 0 Å². The molecule has 1 rings (SSSR count). The maximum Gasteiger partial charge on any atom is 0.243 e. The summed E-state index contributed by atoms with van der Waals surface area (Å²) >= 11 is 0. The first kappa shape index (κ1) is 11.5. The van der Waals surface area contributed by atoms with Crippen LogP contribution in [0.1, 0.15) is 0 Å². The Labute approximate surface area is 87.3 Å². The van der Waals surface area contributed by atoms with Gasteiger partial charge in [-0.1, -0.05) is 5.92 Å². The van der Waals surface area contributed by atoms with Crippen LogP contribution in [-0.4, -0.2) is 15.0 Å². The fraction of sp³-hybridized carbons (Fsp3) is 0.111. The van der Waals surface area contributed by atoms with E-state index in [4.69, 9.17) is 12.2 Å². The van der Waals surface area contributed by atoms with Crippen molar-refractivity contribution in [2.45, 2.75) is 4.90 Å². The summed E-state index contributed by atoms with van der Waals surface area (Å²) in [5.41, 5.74) is 5.22. The quantitative estimate of drug-likeness (QED) is 0.578. The van der Waals surface area contributed by atoms with E-state index >= 15 is 0 Å². The number of sulfonamides is 1. The van der Waals surface area contributed by atoms with Crippen LogP contribution >= 0.6 is 0 Å². The average molecular weight is 228 g/mol. The van der Waals surface area contributed by atoms with E-state index in [9.17, 15) is 12.8 Å². The molecule has 0 amide bonds. The number of rotatable bonds is 3. The fourth-order valence-electron chi connectivity index (χ4n) is 0.978. The fourth-order valence-corrected chi connectivity index (χ4v) is 2.02. The molecule has 0 aromatic heterocycles. The predicted octanol–water partition coefficient (Wildman–Crippen LogP) is 0.319. The molecule has 4 nitrogen and oxygen atoms in total. The van der Waals surface area contributed by atoms with Gasteiger partial charge in [0.25, 0.3) is 0 Å². The Bertz CT molecular complexity index is 505. The highest BCUT2D eigenvalue weighted by Gasteiger charge is 2.16. The summed E-state index contributed by atoms with van der Waals surface area (Å²) in [6, 6.07) is 3.04. The zero-order valence-electron chi connectivity index (χ0n) is 7.70. The second-order valence-corrected chi connectivity index (χ2v) is 4.45. The Morgan fingerprint density at radius 1 is 1.53 bits per heavy atom. The van der Waals surface area contributed by atoms with Crippen LogP contribution in [0.2, 0.25) is 0 Å². The van der Waals surface area contributed by atoms with Crippen LogP contribution in [0.5, 0.6) is 0 Å². The number of hydrogen-bond acceptors (Lipinski definition) is 3. The van der Waals surface area contributed by atoms with Gasteiger partial charge in [0.2, 0.25) is 10.0 Å². The van der Waals surface area contributed by atoms with E-state index in [-0.39, 0.29) is 17.1 Å². The van der Waals surface area contributed by atoms with Crippen molar-refractivity contribution >= 4 is 15.7 Å². The van der Waals surface area contributed by atoms with Crippen molar-refractivity contribution in [3.8, 4) is 12.3 Å². The average Bonchev–Trinajstić information content (AvgIpc) is 2.14. The lowest BCUT2D eigenvalue weighted by Gasteiger charge is -2.06. The molecule has 0 aliphatic carbocycles. The minimum absolute atomic E-state index is 0.140. The summed E-state index contributed by atoms with van der Waals surface area (Å²) in [6.45, 7) is -0.140. The summed E-state index contributed by atoms with van der Waals surface area (Å²) in [7, 11) is -3.75. The first-order chi connectivity index (χ1) is 6.97. The van der Waals surface area contributed by atoms with Gasteiger partial charge in [-0.05, 0) is 18.2 Å². The van der Waals surface area contributed by atoms with Gasteiger partial charge in [-0.3, -0.25) is 0 Å². The molecule has 0 radical (unpaired) electrons. The van der Waals surface area contributed by atoms with Gasteiger partial charge in [-0.15, -0.1) is 6.42 Å². The highest BCUT2D eigenvalue weighted by molar-refractivity contribution is 7.89. The van der Waals surface area contributed by atoms with Crippen molar-refractivity contribution in [2.24, 2.45) is 0 Å². The van der Waals surface area contributed by atoms with Crippen molar-refractivity contribution in [2.75, 3.05) is 12.3 Å². The standard InChI is InChI=1S/C9H9FN2O2S/c1-2-5-12-15(13,14)9-4-3-7(10)6-8(9)11/h1,3-4,6,12H,5,11H2. The van der Waals surface area contributed by atoms with E-state index in [1.54, 1.807) is 0 Å². The number of hydrogen-bond donors (Lipinski definition) is 2. The summed E-state index contributed by atoms with van der Waals surface area (Å²) in [5.74, 6) is 1.53. The summed E-state index contributed by atoms with van der Waals surface area (Å²) in [5, 5.41) is 0. The third-order valence-electron chi connectivity index (χ3n) is 1.63. The lowest BCUT2D eigenvalue weighted by atomic mass is 10.3. The second-order valence-electron chi connectivity index (χ2n) is 2.71. The molecule has 0 atom stereocenters. The minimum Gasteiger partial charge on any atom is -0.398 e. The third-order valence-corrected chi connectivity index (χ3v) is 3.10. The molecule has 0 unspecified atom stereocenters. The molecular formula is C9H9FN2O2S. The molecule has 0 fully saturated rings. The third kappa shape index (κ3) is 2.68. The molecule has 0 spiro atoms. The molecule has 1 aromatic rings.